The smallest absolute Gasteiger partial charge is 0.495 e. The average molecular weight is 565 g/mol. The molecule has 0 atom stereocenters. The molecule has 4 aromatic rings. The Morgan fingerprint density at radius 3 is 2.39 bits per heavy atom. The molecule has 2 aromatic heterocycles. The Balaban J connectivity index is 1.68. The second-order valence-corrected chi connectivity index (χ2v) is 9.24. The molecule has 0 bridgehead atoms. The summed E-state index contributed by atoms with van der Waals surface area (Å²) in [5.74, 6) is -0.431. The fourth-order valence-electron chi connectivity index (χ4n) is 3.45. The molecule has 0 spiro atoms. The summed E-state index contributed by atoms with van der Waals surface area (Å²) in [7, 11) is 1.45. The molecule has 0 aliphatic heterocycles. The minimum absolute atomic E-state index is 0.0143. The number of ether oxygens (including phenoxy) is 2. The van der Waals surface area contributed by atoms with Crippen LogP contribution in [0.2, 0.25) is 5.02 Å². The maximum Gasteiger partial charge on any atom is 0.573 e. The van der Waals surface area contributed by atoms with Crippen LogP contribution in [0.5, 0.6) is 11.5 Å². The summed E-state index contributed by atoms with van der Waals surface area (Å²) >= 11 is 7.33. The number of hydrogen-bond acceptors (Lipinski definition) is 8. The maximum atomic E-state index is 13.3. The number of nitrogens with one attached hydrogen (secondary N) is 1. The summed E-state index contributed by atoms with van der Waals surface area (Å²) < 4.78 is 48.3. The van der Waals surface area contributed by atoms with Crippen LogP contribution in [0.3, 0.4) is 0 Å². The van der Waals surface area contributed by atoms with Crippen molar-refractivity contribution in [2.45, 2.75) is 31.1 Å². The van der Waals surface area contributed by atoms with Gasteiger partial charge in [-0.15, -0.1) is 18.3 Å². The van der Waals surface area contributed by atoms with Gasteiger partial charge in [0.05, 0.1) is 24.2 Å². The van der Waals surface area contributed by atoms with Gasteiger partial charge in [0.2, 0.25) is 0 Å². The highest BCUT2D eigenvalue weighted by Gasteiger charge is 2.31. The predicted molar refractivity (Wildman–Crippen MR) is 135 cm³/mol. The second kappa shape index (κ2) is 11.3. The van der Waals surface area contributed by atoms with Gasteiger partial charge in [-0.2, -0.15) is 0 Å². The standard InChI is InChI=1S/C24H20ClF3N6O3S/c1-13-10-14(2)30-23(29-13)38-12-19-21(22(35)31-18-11-15(25)4-9-20(18)36-3)32-33-34(19)16-5-7-17(8-6-16)37-24(26,27)28/h4-11H,12H2,1-3H3,(H,31,35). The molecule has 1 N–H and O–H groups in total. The molecular formula is C24H20ClF3N6O3S. The average Bonchev–Trinajstić information content (AvgIpc) is 3.26. The SMILES string of the molecule is COc1ccc(Cl)cc1NC(=O)c1nnn(-c2ccc(OC(F)(F)F)cc2)c1CSc1nc(C)cc(C)n1. The number of aromatic nitrogens is 5. The quantitative estimate of drug-likeness (QED) is 0.212. The van der Waals surface area contributed by atoms with E-state index >= 15 is 0 Å². The Labute approximate surface area is 224 Å². The molecule has 0 unspecified atom stereocenters. The van der Waals surface area contributed by atoms with Gasteiger partial charge < -0.3 is 14.8 Å². The molecule has 198 valence electrons. The van der Waals surface area contributed by atoms with Gasteiger partial charge in [-0.25, -0.2) is 14.6 Å². The third-order valence-corrected chi connectivity index (χ3v) is 6.10. The van der Waals surface area contributed by atoms with Crippen LogP contribution in [0, 0.1) is 13.8 Å². The van der Waals surface area contributed by atoms with E-state index in [1.807, 2.05) is 19.9 Å². The minimum Gasteiger partial charge on any atom is -0.495 e. The third kappa shape index (κ3) is 6.72. The summed E-state index contributed by atoms with van der Waals surface area (Å²) in [6.45, 7) is 3.68. The molecule has 0 radical (unpaired) electrons. The van der Waals surface area contributed by atoms with E-state index in [0.29, 0.717) is 33.0 Å². The van der Waals surface area contributed by atoms with E-state index in [2.05, 4.69) is 30.3 Å². The fourth-order valence-corrected chi connectivity index (χ4v) is 4.57. The van der Waals surface area contributed by atoms with E-state index in [1.165, 1.54) is 41.8 Å². The fraction of sp³-hybridized carbons (Fsp3) is 0.208. The number of thioether (sulfide) groups is 1. The molecule has 38 heavy (non-hydrogen) atoms. The number of hydrogen-bond donors (Lipinski definition) is 1. The van der Waals surface area contributed by atoms with Crippen molar-refractivity contribution >= 4 is 35.0 Å². The number of anilines is 1. The molecule has 0 fully saturated rings. The van der Waals surface area contributed by atoms with Crippen LogP contribution in [-0.2, 0) is 5.75 Å². The molecule has 2 heterocycles. The van der Waals surface area contributed by atoms with Crippen molar-refractivity contribution in [3.8, 4) is 17.2 Å². The van der Waals surface area contributed by atoms with E-state index in [1.54, 1.807) is 12.1 Å². The highest BCUT2D eigenvalue weighted by atomic mass is 35.5. The van der Waals surface area contributed by atoms with E-state index in [0.717, 1.165) is 23.5 Å². The highest BCUT2D eigenvalue weighted by Crippen LogP contribution is 2.30. The Morgan fingerprint density at radius 1 is 1.08 bits per heavy atom. The summed E-state index contributed by atoms with van der Waals surface area (Å²) in [5, 5.41) is 11.7. The van der Waals surface area contributed by atoms with Crippen molar-refractivity contribution in [1.82, 2.24) is 25.0 Å². The first-order chi connectivity index (χ1) is 18.0. The van der Waals surface area contributed by atoms with Crippen LogP contribution in [0.25, 0.3) is 5.69 Å². The molecule has 14 heteroatoms. The number of alkyl halides is 3. The number of methoxy groups -OCH3 is 1. The van der Waals surface area contributed by atoms with Crippen molar-refractivity contribution in [2.24, 2.45) is 0 Å². The Hall–Kier alpha value is -3.84. The molecule has 0 saturated heterocycles. The lowest BCUT2D eigenvalue weighted by Crippen LogP contribution is -2.17. The number of carbonyl (C=O) groups excluding carboxylic acids is 1. The lowest BCUT2D eigenvalue weighted by atomic mass is 10.2. The minimum atomic E-state index is -4.82. The Morgan fingerprint density at radius 2 is 1.76 bits per heavy atom. The van der Waals surface area contributed by atoms with Crippen LogP contribution < -0.4 is 14.8 Å². The van der Waals surface area contributed by atoms with Crippen molar-refractivity contribution < 1.29 is 27.4 Å². The third-order valence-electron chi connectivity index (χ3n) is 5.00. The normalized spacial score (nSPS) is 11.3. The van der Waals surface area contributed by atoms with Crippen LogP contribution >= 0.6 is 23.4 Å². The Kier molecular flexibility index (Phi) is 8.07. The number of rotatable bonds is 8. The molecule has 0 saturated carbocycles. The van der Waals surface area contributed by atoms with Crippen molar-refractivity contribution in [3.05, 3.63) is 76.3 Å². The number of halogens is 4. The zero-order valence-corrected chi connectivity index (χ0v) is 21.8. The van der Waals surface area contributed by atoms with Crippen LogP contribution in [0.4, 0.5) is 18.9 Å². The van der Waals surface area contributed by atoms with E-state index in [4.69, 9.17) is 16.3 Å². The van der Waals surface area contributed by atoms with Gasteiger partial charge in [0, 0.05) is 22.2 Å². The van der Waals surface area contributed by atoms with Crippen LogP contribution in [0.1, 0.15) is 27.6 Å². The number of aryl methyl sites for hydroxylation is 2. The number of carbonyl (C=O) groups is 1. The first-order valence-electron chi connectivity index (χ1n) is 10.9. The van der Waals surface area contributed by atoms with E-state index in [-0.39, 0.29) is 11.4 Å². The maximum absolute atomic E-state index is 13.3. The van der Waals surface area contributed by atoms with Gasteiger partial charge in [0.15, 0.2) is 10.9 Å². The van der Waals surface area contributed by atoms with Crippen molar-refractivity contribution in [2.75, 3.05) is 12.4 Å². The first kappa shape index (κ1) is 27.2. The largest absolute Gasteiger partial charge is 0.573 e. The van der Waals surface area contributed by atoms with E-state index < -0.39 is 18.0 Å². The molecular weight excluding hydrogens is 545 g/mol. The molecule has 4 rings (SSSR count). The lowest BCUT2D eigenvalue weighted by molar-refractivity contribution is -0.274. The molecule has 0 aliphatic carbocycles. The summed E-state index contributed by atoms with van der Waals surface area (Å²) in [6.07, 6.45) is -4.82. The number of amides is 1. The van der Waals surface area contributed by atoms with Crippen molar-refractivity contribution in [3.63, 3.8) is 0 Å². The molecule has 2 aromatic carbocycles. The van der Waals surface area contributed by atoms with Gasteiger partial charge in [0.1, 0.15) is 11.5 Å². The van der Waals surface area contributed by atoms with Crippen LogP contribution in [-0.4, -0.2) is 44.3 Å². The second-order valence-electron chi connectivity index (χ2n) is 7.86. The van der Waals surface area contributed by atoms with Gasteiger partial charge >= 0.3 is 6.36 Å². The predicted octanol–water partition coefficient (Wildman–Crippen LogP) is 5.78. The number of benzene rings is 2. The monoisotopic (exact) mass is 564 g/mol. The van der Waals surface area contributed by atoms with Gasteiger partial charge in [-0.05, 0) is 62.4 Å². The highest BCUT2D eigenvalue weighted by molar-refractivity contribution is 7.98. The van der Waals surface area contributed by atoms with E-state index in [9.17, 15) is 18.0 Å². The molecule has 1 amide bonds. The molecule has 9 nitrogen and oxygen atoms in total. The van der Waals surface area contributed by atoms with Crippen LogP contribution in [0.15, 0.2) is 53.7 Å². The summed E-state index contributed by atoms with van der Waals surface area (Å²) in [6, 6.07) is 11.6. The summed E-state index contributed by atoms with van der Waals surface area (Å²) in [4.78, 5) is 22.1. The zero-order chi connectivity index (χ0) is 27.4. The van der Waals surface area contributed by atoms with Gasteiger partial charge in [0.25, 0.3) is 5.91 Å². The van der Waals surface area contributed by atoms with Crippen molar-refractivity contribution in [1.29, 1.82) is 0 Å². The Bertz CT molecular complexity index is 1440. The number of nitrogens with zero attached hydrogens (tertiary/aromatic N) is 5. The molecule has 0 aliphatic rings. The summed E-state index contributed by atoms with van der Waals surface area (Å²) in [5.41, 5.74) is 2.59. The lowest BCUT2D eigenvalue weighted by Gasteiger charge is -2.12. The first-order valence-corrected chi connectivity index (χ1v) is 12.3. The zero-order valence-electron chi connectivity index (χ0n) is 20.2. The van der Waals surface area contributed by atoms with Gasteiger partial charge in [-0.3, -0.25) is 4.79 Å². The van der Waals surface area contributed by atoms with Gasteiger partial charge in [-0.1, -0.05) is 28.6 Å². The topological polar surface area (TPSA) is 104 Å².